The molecule has 1 aliphatic carbocycles. The summed E-state index contributed by atoms with van der Waals surface area (Å²) in [5.74, 6) is 2.10. The maximum Gasteiger partial charge on any atom is 0.308 e. The highest BCUT2D eigenvalue weighted by Crippen LogP contribution is 2.36. The highest BCUT2D eigenvalue weighted by atomic mass is 16.5. The van der Waals surface area contributed by atoms with E-state index >= 15 is 0 Å². The number of aliphatic imine (C=N–C) groups is 1. The van der Waals surface area contributed by atoms with E-state index in [0.29, 0.717) is 29.8 Å². The molecule has 0 atom stereocenters. The number of pyridine rings is 1. The Morgan fingerprint density at radius 2 is 2.04 bits per heavy atom. The van der Waals surface area contributed by atoms with Crippen molar-refractivity contribution in [1.29, 1.82) is 0 Å². The van der Waals surface area contributed by atoms with Gasteiger partial charge < -0.3 is 4.74 Å². The summed E-state index contributed by atoms with van der Waals surface area (Å²) < 4.78 is 7.68. The van der Waals surface area contributed by atoms with Crippen LogP contribution in [0.2, 0.25) is 0 Å². The molecular formula is C19H22N5O2. The van der Waals surface area contributed by atoms with Crippen molar-refractivity contribution in [3.05, 3.63) is 34.2 Å². The molecular weight excluding hydrogens is 330 g/mol. The number of hydrogen-bond donors (Lipinski definition) is 0. The number of rotatable bonds is 5. The topological polar surface area (TPSA) is 83.5 Å². The molecule has 0 unspecified atom stereocenters. The predicted octanol–water partition coefficient (Wildman–Crippen LogP) is 3.62. The van der Waals surface area contributed by atoms with Gasteiger partial charge in [0.25, 0.3) is 0 Å². The van der Waals surface area contributed by atoms with Crippen molar-refractivity contribution in [2.45, 2.75) is 52.5 Å². The van der Waals surface area contributed by atoms with Gasteiger partial charge in [0.1, 0.15) is 5.84 Å². The van der Waals surface area contributed by atoms with Crippen molar-refractivity contribution in [3.63, 3.8) is 0 Å². The van der Waals surface area contributed by atoms with E-state index in [1.54, 1.807) is 6.07 Å². The van der Waals surface area contributed by atoms with Crippen LogP contribution in [0.1, 0.15) is 44.7 Å². The summed E-state index contributed by atoms with van der Waals surface area (Å²) in [5.41, 5.74) is 0.779. The zero-order valence-electron chi connectivity index (χ0n) is 15.1. The second-order valence-electron chi connectivity index (χ2n) is 6.81. The van der Waals surface area contributed by atoms with Crippen LogP contribution < -0.4 is 15.6 Å². The number of nitrogens with zero attached hydrogens (tertiary/aromatic N) is 5. The fourth-order valence-electron chi connectivity index (χ4n) is 3.51. The van der Waals surface area contributed by atoms with Crippen molar-refractivity contribution in [3.8, 4) is 11.9 Å². The average Bonchev–Trinajstić information content (AvgIpc) is 3.28. The average molecular weight is 352 g/mol. The van der Waals surface area contributed by atoms with Crippen LogP contribution in [0, 0.1) is 12.8 Å². The molecule has 4 rings (SSSR count). The third-order valence-corrected chi connectivity index (χ3v) is 4.77. The molecule has 2 aromatic rings. The van der Waals surface area contributed by atoms with E-state index in [9.17, 15) is 4.79 Å². The zero-order valence-corrected chi connectivity index (χ0v) is 15.1. The van der Waals surface area contributed by atoms with E-state index < -0.39 is 5.56 Å². The summed E-state index contributed by atoms with van der Waals surface area (Å²) in [5, 5.41) is 4.52. The molecule has 0 aromatic carbocycles. The lowest BCUT2D eigenvalue weighted by Gasteiger charge is -2.14. The van der Waals surface area contributed by atoms with Crippen LogP contribution in [0.15, 0.2) is 28.0 Å². The molecule has 1 aliphatic heterocycles. The molecule has 135 valence electrons. The maximum atomic E-state index is 12.5. The van der Waals surface area contributed by atoms with Gasteiger partial charge in [0.05, 0.1) is 0 Å². The SMILES string of the molecule is CCCn1c(Oc2cccc(C)n2)nc(=O)c2c1N=C(C1CCCC1)[N]2. The van der Waals surface area contributed by atoms with Gasteiger partial charge >= 0.3 is 11.6 Å². The lowest BCUT2D eigenvalue weighted by atomic mass is 10.1. The van der Waals surface area contributed by atoms with Crippen LogP contribution in [0.3, 0.4) is 0 Å². The van der Waals surface area contributed by atoms with Gasteiger partial charge in [0.2, 0.25) is 5.88 Å². The Hall–Kier alpha value is -2.70. The number of fused-ring (bicyclic) bond motifs is 1. The summed E-state index contributed by atoms with van der Waals surface area (Å²) in [6.07, 6.45) is 5.42. The van der Waals surface area contributed by atoms with Crippen LogP contribution in [0.4, 0.5) is 11.5 Å². The van der Waals surface area contributed by atoms with Crippen LogP contribution in [-0.4, -0.2) is 20.4 Å². The minimum atomic E-state index is -0.397. The molecule has 26 heavy (non-hydrogen) atoms. The van der Waals surface area contributed by atoms with Crippen LogP contribution >= 0.6 is 0 Å². The molecule has 1 saturated carbocycles. The van der Waals surface area contributed by atoms with Crippen molar-refractivity contribution >= 4 is 17.3 Å². The minimum Gasteiger partial charge on any atom is -0.406 e. The highest BCUT2D eigenvalue weighted by Gasteiger charge is 2.31. The fourth-order valence-corrected chi connectivity index (χ4v) is 3.51. The quantitative estimate of drug-likeness (QED) is 0.823. The van der Waals surface area contributed by atoms with Crippen LogP contribution in [0.5, 0.6) is 11.9 Å². The fraction of sp³-hybridized carbons (Fsp3) is 0.474. The lowest BCUT2D eigenvalue weighted by Crippen LogP contribution is -2.21. The Kier molecular flexibility index (Phi) is 4.44. The Labute approximate surface area is 152 Å². The van der Waals surface area contributed by atoms with Gasteiger partial charge in [-0.05, 0) is 32.3 Å². The van der Waals surface area contributed by atoms with Gasteiger partial charge in [-0.15, -0.1) is 0 Å². The molecule has 0 N–H and O–H groups in total. The number of hydrogen-bond acceptors (Lipinski definition) is 5. The molecule has 1 radical (unpaired) electrons. The molecule has 2 aromatic heterocycles. The molecule has 0 saturated heterocycles. The Morgan fingerprint density at radius 3 is 2.77 bits per heavy atom. The third-order valence-electron chi connectivity index (χ3n) is 4.77. The van der Waals surface area contributed by atoms with Crippen molar-refractivity contribution in [2.75, 3.05) is 0 Å². The van der Waals surface area contributed by atoms with E-state index in [0.717, 1.165) is 30.8 Å². The minimum absolute atomic E-state index is 0.223. The van der Waals surface area contributed by atoms with Crippen LogP contribution in [0.25, 0.3) is 0 Å². The predicted molar refractivity (Wildman–Crippen MR) is 98.7 cm³/mol. The van der Waals surface area contributed by atoms with Crippen LogP contribution in [-0.2, 0) is 6.54 Å². The summed E-state index contributed by atoms with van der Waals surface area (Å²) >= 11 is 0. The number of aryl methyl sites for hydroxylation is 1. The summed E-state index contributed by atoms with van der Waals surface area (Å²) in [6.45, 7) is 4.60. The maximum absolute atomic E-state index is 12.5. The first-order valence-electron chi connectivity index (χ1n) is 9.22. The lowest BCUT2D eigenvalue weighted by molar-refractivity contribution is 0.387. The number of ether oxygens (including phenoxy) is 1. The number of amidine groups is 1. The van der Waals surface area contributed by atoms with Gasteiger partial charge in [0, 0.05) is 24.2 Å². The van der Waals surface area contributed by atoms with Crippen molar-refractivity contribution < 1.29 is 4.74 Å². The Bertz CT molecular complexity index is 913. The van der Waals surface area contributed by atoms with E-state index in [4.69, 9.17) is 9.73 Å². The van der Waals surface area contributed by atoms with E-state index in [2.05, 4.69) is 22.2 Å². The first-order valence-corrected chi connectivity index (χ1v) is 9.22. The molecule has 1 fully saturated rings. The second kappa shape index (κ2) is 6.90. The number of aromatic nitrogens is 3. The zero-order chi connectivity index (χ0) is 18.1. The Balaban J connectivity index is 1.75. The molecule has 7 heteroatoms. The van der Waals surface area contributed by atoms with Gasteiger partial charge in [-0.2, -0.15) is 4.98 Å². The monoisotopic (exact) mass is 352 g/mol. The van der Waals surface area contributed by atoms with E-state index in [1.807, 2.05) is 23.6 Å². The first-order chi connectivity index (χ1) is 12.7. The molecule has 0 spiro atoms. The molecule has 2 aliphatic rings. The highest BCUT2D eigenvalue weighted by molar-refractivity contribution is 5.96. The van der Waals surface area contributed by atoms with Gasteiger partial charge in [-0.25, -0.2) is 15.3 Å². The van der Waals surface area contributed by atoms with E-state index in [1.165, 1.54) is 12.8 Å². The smallest absolute Gasteiger partial charge is 0.308 e. The van der Waals surface area contributed by atoms with Gasteiger partial charge in [0.15, 0.2) is 11.5 Å². The van der Waals surface area contributed by atoms with E-state index in [-0.39, 0.29) is 6.01 Å². The third kappa shape index (κ3) is 3.09. The van der Waals surface area contributed by atoms with Crippen molar-refractivity contribution in [1.82, 2.24) is 19.9 Å². The summed E-state index contributed by atoms with van der Waals surface area (Å²) in [7, 11) is 0. The summed E-state index contributed by atoms with van der Waals surface area (Å²) in [4.78, 5) is 25.7. The molecule has 0 amide bonds. The normalized spacial score (nSPS) is 16.3. The van der Waals surface area contributed by atoms with Crippen molar-refractivity contribution in [2.24, 2.45) is 10.9 Å². The van der Waals surface area contributed by atoms with Gasteiger partial charge in [-0.1, -0.05) is 25.8 Å². The molecule has 0 bridgehead atoms. The summed E-state index contributed by atoms with van der Waals surface area (Å²) in [6, 6.07) is 5.72. The molecule has 7 nitrogen and oxygen atoms in total. The first kappa shape index (κ1) is 16.8. The second-order valence-corrected chi connectivity index (χ2v) is 6.81. The standard InChI is InChI=1S/C19H22N5O2/c1-3-11-24-17-15(21-16(22-17)13-8-4-5-9-13)18(25)23-19(24)26-14-10-6-7-12(2)20-14/h6-7,10,13H,3-5,8-9,11H2,1-2H3. The Morgan fingerprint density at radius 1 is 1.23 bits per heavy atom. The molecule has 3 heterocycles. The van der Waals surface area contributed by atoms with Gasteiger partial charge in [-0.3, -0.25) is 9.36 Å². The largest absolute Gasteiger partial charge is 0.406 e.